The Morgan fingerprint density at radius 2 is 1.65 bits per heavy atom. The summed E-state index contributed by atoms with van der Waals surface area (Å²) >= 11 is 0. The molecule has 1 aliphatic rings. The van der Waals surface area contributed by atoms with E-state index in [2.05, 4.69) is 58.5 Å². The number of benzene rings is 2. The van der Waals surface area contributed by atoms with Gasteiger partial charge in [0, 0.05) is 48.4 Å². The Kier molecular flexibility index (Phi) is 3.63. The number of nitrogens with zero attached hydrogens (tertiary/aromatic N) is 4. The third-order valence-corrected chi connectivity index (χ3v) is 5.31. The van der Waals surface area contributed by atoms with Crippen LogP contribution in [0.15, 0.2) is 54.7 Å². The lowest BCUT2D eigenvalue weighted by Gasteiger charge is -2.29. The van der Waals surface area contributed by atoms with Crippen LogP contribution in [0, 0.1) is 0 Å². The van der Waals surface area contributed by atoms with Gasteiger partial charge >= 0.3 is 0 Å². The first-order valence-corrected chi connectivity index (χ1v) is 9.36. The predicted molar refractivity (Wildman–Crippen MR) is 108 cm³/mol. The van der Waals surface area contributed by atoms with Gasteiger partial charge in [-0.15, -0.1) is 0 Å². The number of piperidine rings is 1. The van der Waals surface area contributed by atoms with Crippen molar-refractivity contribution in [2.24, 2.45) is 7.05 Å². The number of hydrogen-bond acceptors (Lipinski definition) is 3. The number of rotatable bonds is 2. The Labute approximate surface area is 153 Å². The summed E-state index contributed by atoms with van der Waals surface area (Å²) in [6, 6.07) is 17.3. The topological polar surface area (TPSA) is 34.0 Å². The normalized spacial score (nSPS) is 15.0. The maximum absolute atomic E-state index is 4.90. The smallest absolute Gasteiger partial charge is 0.0923 e. The quantitative estimate of drug-likeness (QED) is 0.526. The van der Waals surface area contributed by atoms with Crippen LogP contribution in [-0.2, 0) is 7.05 Å². The lowest BCUT2D eigenvalue weighted by molar-refractivity contribution is 0.578. The SMILES string of the molecule is Cn1cc2cc(-c3ccc4cc(N5CCCCC5)ccc4n3)ccc2n1. The Morgan fingerprint density at radius 1 is 0.808 bits per heavy atom. The highest BCUT2D eigenvalue weighted by molar-refractivity contribution is 5.87. The Balaban J connectivity index is 1.52. The van der Waals surface area contributed by atoms with E-state index in [1.807, 2.05) is 17.9 Å². The van der Waals surface area contributed by atoms with Gasteiger partial charge < -0.3 is 4.90 Å². The van der Waals surface area contributed by atoms with Gasteiger partial charge in [0.05, 0.1) is 16.7 Å². The molecule has 1 aliphatic heterocycles. The summed E-state index contributed by atoms with van der Waals surface area (Å²) in [5.74, 6) is 0. The van der Waals surface area contributed by atoms with Crippen molar-refractivity contribution >= 4 is 27.5 Å². The van der Waals surface area contributed by atoms with Crippen molar-refractivity contribution in [1.29, 1.82) is 0 Å². The van der Waals surface area contributed by atoms with Crippen molar-refractivity contribution in [1.82, 2.24) is 14.8 Å². The first-order chi connectivity index (χ1) is 12.8. The summed E-state index contributed by atoms with van der Waals surface area (Å²) in [4.78, 5) is 7.39. The molecule has 4 aromatic rings. The lowest BCUT2D eigenvalue weighted by Crippen LogP contribution is -2.29. The van der Waals surface area contributed by atoms with Gasteiger partial charge in [-0.1, -0.05) is 12.1 Å². The average molecular weight is 342 g/mol. The van der Waals surface area contributed by atoms with Crippen molar-refractivity contribution in [3.05, 3.63) is 54.7 Å². The fourth-order valence-electron chi connectivity index (χ4n) is 3.93. The van der Waals surface area contributed by atoms with Gasteiger partial charge in [0.25, 0.3) is 0 Å². The summed E-state index contributed by atoms with van der Waals surface area (Å²) in [5, 5.41) is 6.80. The molecule has 0 bridgehead atoms. The molecule has 2 aromatic carbocycles. The molecular weight excluding hydrogens is 320 g/mol. The molecule has 3 heterocycles. The van der Waals surface area contributed by atoms with E-state index in [4.69, 9.17) is 4.98 Å². The first-order valence-electron chi connectivity index (χ1n) is 9.36. The first kappa shape index (κ1) is 15.4. The molecule has 0 spiro atoms. The molecule has 2 aromatic heterocycles. The van der Waals surface area contributed by atoms with E-state index >= 15 is 0 Å². The summed E-state index contributed by atoms with van der Waals surface area (Å²) in [6.45, 7) is 2.34. The lowest BCUT2D eigenvalue weighted by atomic mass is 10.1. The van der Waals surface area contributed by atoms with Gasteiger partial charge in [0.2, 0.25) is 0 Å². The average Bonchev–Trinajstić information content (AvgIpc) is 3.07. The van der Waals surface area contributed by atoms with E-state index in [0.717, 1.165) is 27.7 Å². The molecule has 4 nitrogen and oxygen atoms in total. The van der Waals surface area contributed by atoms with E-state index in [9.17, 15) is 0 Å². The van der Waals surface area contributed by atoms with Gasteiger partial charge in [0.1, 0.15) is 0 Å². The highest BCUT2D eigenvalue weighted by Gasteiger charge is 2.12. The monoisotopic (exact) mass is 342 g/mol. The minimum absolute atomic E-state index is 1.01. The summed E-state index contributed by atoms with van der Waals surface area (Å²) < 4.78 is 1.85. The number of hydrogen-bond donors (Lipinski definition) is 0. The van der Waals surface area contributed by atoms with E-state index in [-0.39, 0.29) is 0 Å². The van der Waals surface area contributed by atoms with E-state index in [0.29, 0.717) is 0 Å². The van der Waals surface area contributed by atoms with Gasteiger partial charge in [-0.3, -0.25) is 4.68 Å². The Hall–Kier alpha value is -2.88. The van der Waals surface area contributed by atoms with Gasteiger partial charge in [-0.25, -0.2) is 4.98 Å². The molecule has 0 N–H and O–H groups in total. The van der Waals surface area contributed by atoms with Crippen molar-refractivity contribution < 1.29 is 0 Å². The van der Waals surface area contributed by atoms with Gasteiger partial charge in [-0.05, 0) is 55.7 Å². The van der Waals surface area contributed by atoms with Crippen molar-refractivity contribution in [3.8, 4) is 11.3 Å². The molecule has 0 unspecified atom stereocenters. The molecular formula is C22H22N4. The molecule has 4 heteroatoms. The summed E-state index contributed by atoms with van der Waals surface area (Å²) in [7, 11) is 1.95. The number of aryl methyl sites for hydroxylation is 1. The third kappa shape index (κ3) is 2.71. The highest BCUT2D eigenvalue weighted by atomic mass is 15.2. The molecule has 1 fully saturated rings. The molecule has 0 radical (unpaired) electrons. The van der Waals surface area contributed by atoms with Crippen LogP contribution < -0.4 is 4.90 Å². The molecule has 130 valence electrons. The second kappa shape index (κ2) is 6.13. The van der Waals surface area contributed by atoms with Crippen LogP contribution in [0.3, 0.4) is 0 Å². The fourth-order valence-corrected chi connectivity index (χ4v) is 3.93. The van der Waals surface area contributed by atoms with Crippen LogP contribution in [0.25, 0.3) is 33.1 Å². The number of fused-ring (bicyclic) bond motifs is 2. The number of pyridine rings is 1. The summed E-state index contributed by atoms with van der Waals surface area (Å²) in [5.41, 5.74) is 5.53. The van der Waals surface area contributed by atoms with Crippen LogP contribution in [0.2, 0.25) is 0 Å². The molecule has 1 saturated heterocycles. The van der Waals surface area contributed by atoms with Crippen LogP contribution in [-0.4, -0.2) is 27.9 Å². The van der Waals surface area contributed by atoms with Gasteiger partial charge in [-0.2, -0.15) is 5.10 Å². The molecule has 0 aliphatic carbocycles. The molecule has 0 saturated carbocycles. The molecule has 26 heavy (non-hydrogen) atoms. The van der Waals surface area contributed by atoms with E-state index < -0.39 is 0 Å². The zero-order valence-corrected chi connectivity index (χ0v) is 15.0. The van der Waals surface area contributed by atoms with Gasteiger partial charge in [0.15, 0.2) is 0 Å². The van der Waals surface area contributed by atoms with Crippen molar-refractivity contribution in [3.63, 3.8) is 0 Å². The third-order valence-electron chi connectivity index (χ3n) is 5.31. The Bertz CT molecular complexity index is 1090. The highest BCUT2D eigenvalue weighted by Crippen LogP contribution is 2.27. The fraction of sp³-hybridized carbons (Fsp3) is 0.273. The summed E-state index contributed by atoms with van der Waals surface area (Å²) in [6.07, 6.45) is 6.00. The molecule has 0 amide bonds. The van der Waals surface area contributed by atoms with E-state index in [1.165, 1.54) is 43.4 Å². The maximum atomic E-state index is 4.90. The zero-order chi connectivity index (χ0) is 17.5. The standard InChI is InChI=1S/C22H22N4/c1-25-15-18-13-16(6-9-22(18)24-25)20-8-5-17-14-19(7-10-21(17)23-20)26-11-3-2-4-12-26/h5-10,13-15H,2-4,11-12H2,1H3. The molecule has 0 atom stereocenters. The van der Waals surface area contributed by atoms with Crippen LogP contribution >= 0.6 is 0 Å². The van der Waals surface area contributed by atoms with Crippen molar-refractivity contribution in [2.75, 3.05) is 18.0 Å². The minimum Gasteiger partial charge on any atom is -0.372 e. The maximum Gasteiger partial charge on any atom is 0.0923 e. The molecule has 5 rings (SSSR count). The minimum atomic E-state index is 1.01. The predicted octanol–water partition coefficient (Wildman–Crippen LogP) is 4.78. The van der Waals surface area contributed by atoms with Crippen LogP contribution in [0.4, 0.5) is 5.69 Å². The Morgan fingerprint density at radius 3 is 2.54 bits per heavy atom. The van der Waals surface area contributed by atoms with Crippen LogP contribution in [0.1, 0.15) is 19.3 Å². The second-order valence-corrected chi connectivity index (χ2v) is 7.20. The number of anilines is 1. The van der Waals surface area contributed by atoms with Crippen molar-refractivity contribution in [2.45, 2.75) is 19.3 Å². The second-order valence-electron chi connectivity index (χ2n) is 7.20. The number of aromatic nitrogens is 3. The zero-order valence-electron chi connectivity index (χ0n) is 15.0. The van der Waals surface area contributed by atoms with E-state index in [1.54, 1.807) is 0 Å². The van der Waals surface area contributed by atoms with Crippen LogP contribution in [0.5, 0.6) is 0 Å². The largest absolute Gasteiger partial charge is 0.372 e.